The van der Waals surface area contributed by atoms with Crippen LogP contribution in [0.25, 0.3) is 0 Å². The topological polar surface area (TPSA) is 29.9 Å². The predicted molar refractivity (Wildman–Crippen MR) is 80.1 cm³/mol. The molecule has 1 fully saturated rings. The van der Waals surface area contributed by atoms with E-state index in [0.717, 1.165) is 18.9 Å². The van der Waals surface area contributed by atoms with Crippen LogP contribution in [0.1, 0.15) is 63.6 Å². The van der Waals surface area contributed by atoms with Gasteiger partial charge in [-0.2, -0.15) is 5.10 Å². The van der Waals surface area contributed by atoms with Crippen molar-refractivity contribution in [3.63, 3.8) is 0 Å². The summed E-state index contributed by atoms with van der Waals surface area (Å²) in [5.41, 5.74) is 2.61. The van der Waals surface area contributed by atoms with E-state index < -0.39 is 0 Å². The molecule has 0 saturated heterocycles. The highest BCUT2D eigenvalue weighted by atomic mass is 15.3. The van der Waals surface area contributed by atoms with Crippen LogP contribution >= 0.6 is 0 Å². The number of hydrogen-bond acceptors (Lipinski definition) is 2. The molecule has 2 rings (SSSR count). The molecule has 3 nitrogen and oxygen atoms in total. The van der Waals surface area contributed by atoms with Crippen molar-refractivity contribution >= 4 is 0 Å². The van der Waals surface area contributed by atoms with Crippen molar-refractivity contribution < 1.29 is 0 Å². The number of rotatable bonds is 5. The fraction of sp³-hybridized carbons (Fsp3) is 0.812. The molecule has 1 aliphatic rings. The van der Waals surface area contributed by atoms with Crippen molar-refractivity contribution in [1.29, 1.82) is 0 Å². The molecule has 0 radical (unpaired) electrons. The maximum atomic E-state index is 4.51. The largest absolute Gasteiger partial charge is 0.310 e. The summed E-state index contributed by atoms with van der Waals surface area (Å²) in [6.07, 6.45) is 11.7. The third-order valence-corrected chi connectivity index (χ3v) is 4.55. The third kappa shape index (κ3) is 4.07. The van der Waals surface area contributed by atoms with E-state index in [1.54, 1.807) is 0 Å². The van der Waals surface area contributed by atoms with E-state index >= 15 is 0 Å². The molecule has 1 atom stereocenters. The quantitative estimate of drug-likeness (QED) is 0.825. The maximum absolute atomic E-state index is 4.51. The first kappa shape index (κ1) is 14.6. The zero-order chi connectivity index (χ0) is 13.7. The van der Waals surface area contributed by atoms with E-state index in [9.17, 15) is 0 Å². The minimum absolute atomic E-state index is 0.628. The standard InChI is InChI=1S/C16H29N3/c1-4-16-15(12-19(3)18-16)11-17-13(2)14-9-7-5-6-8-10-14/h12-14,17H,4-11H2,1-3H3/t13-/m1/s1. The molecular weight excluding hydrogens is 234 g/mol. The summed E-state index contributed by atoms with van der Waals surface area (Å²) in [4.78, 5) is 0. The van der Waals surface area contributed by atoms with Crippen molar-refractivity contribution in [2.45, 2.75) is 71.4 Å². The Bertz CT molecular complexity index is 375. The van der Waals surface area contributed by atoms with Gasteiger partial charge in [0.25, 0.3) is 0 Å². The maximum Gasteiger partial charge on any atom is 0.0666 e. The summed E-state index contributed by atoms with van der Waals surface area (Å²) in [7, 11) is 2.01. The summed E-state index contributed by atoms with van der Waals surface area (Å²) in [6.45, 7) is 5.51. The van der Waals surface area contributed by atoms with Crippen LogP contribution in [0.3, 0.4) is 0 Å². The first-order chi connectivity index (χ1) is 9.20. The number of aryl methyl sites for hydroxylation is 2. The lowest BCUT2D eigenvalue weighted by Crippen LogP contribution is -2.33. The molecular formula is C16H29N3. The molecule has 1 heterocycles. The fourth-order valence-corrected chi connectivity index (χ4v) is 3.28. The van der Waals surface area contributed by atoms with Crippen LogP contribution in [0.5, 0.6) is 0 Å². The highest BCUT2D eigenvalue weighted by Crippen LogP contribution is 2.25. The molecule has 1 aromatic heterocycles. The zero-order valence-corrected chi connectivity index (χ0v) is 12.8. The van der Waals surface area contributed by atoms with Crippen LogP contribution < -0.4 is 5.32 Å². The van der Waals surface area contributed by atoms with E-state index in [2.05, 4.69) is 30.5 Å². The number of nitrogens with one attached hydrogen (secondary N) is 1. The Labute approximate surface area is 117 Å². The van der Waals surface area contributed by atoms with Gasteiger partial charge in [-0.3, -0.25) is 4.68 Å². The molecule has 3 heteroatoms. The zero-order valence-electron chi connectivity index (χ0n) is 12.8. The molecule has 0 aliphatic heterocycles. The van der Waals surface area contributed by atoms with Crippen molar-refractivity contribution in [2.24, 2.45) is 13.0 Å². The van der Waals surface area contributed by atoms with Crippen molar-refractivity contribution in [3.05, 3.63) is 17.5 Å². The van der Waals surface area contributed by atoms with Gasteiger partial charge in [0.2, 0.25) is 0 Å². The molecule has 0 bridgehead atoms. The van der Waals surface area contributed by atoms with Gasteiger partial charge in [0.1, 0.15) is 0 Å². The number of hydrogen-bond donors (Lipinski definition) is 1. The Balaban J connectivity index is 1.86. The van der Waals surface area contributed by atoms with Crippen LogP contribution in [0.2, 0.25) is 0 Å². The average molecular weight is 263 g/mol. The van der Waals surface area contributed by atoms with Crippen LogP contribution in [0.4, 0.5) is 0 Å². The minimum atomic E-state index is 0.628. The molecule has 0 amide bonds. The molecule has 1 aromatic rings. The molecule has 19 heavy (non-hydrogen) atoms. The lowest BCUT2D eigenvalue weighted by molar-refractivity contribution is 0.336. The molecule has 108 valence electrons. The highest BCUT2D eigenvalue weighted by Gasteiger charge is 2.19. The van der Waals surface area contributed by atoms with Gasteiger partial charge in [-0.1, -0.05) is 32.6 Å². The smallest absolute Gasteiger partial charge is 0.0666 e. The van der Waals surface area contributed by atoms with E-state index in [1.165, 1.54) is 49.8 Å². The van der Waals surface area contributed by atoms with Gasteiger partial charge in [-0.15, -0.1) is 0 Å². The first-order valence-electron chi connectivity index (χ1n) is 7.95. The molecule has 1 aliphatic carbocycles. The number of aromatic nitrogens is 2. The van der Waals surface area contributed by atoms with Crippen LogP contribution in [-0.4, -0.2) is 15.8 Å². The van der Waals surface area contributed by atoms with Gasteiger partial charge in [-0.05, 0) is 32.1 Å². The fourth-order valence-electron chi connectivity index (χ4n) is 3.28. The minimum Gasteiger partial charge on any atom is -0.310 e. The second kappa shape index (κ2) is 7.09. The first-order valence-corrected chi connectivity index (χ1v) is 7.95. The molecule has 0 unspecified atom stereocenters. The Hall–Kier alpha value is -0.830. The van der Waals surface area contributed by atoms with Gasteiger partial charge in [0, 0.05) is 31.4 Å². The molecule has 1 N–H and O–H groups in total. The summed E-state index contributed by atoms with van der Waals surface area (Å²) in [5, 5.41) is 8.24. The van der Waals surface area contributed by atoms with Crippen LogP contribution in [0.15, 0.2) is 6.20 Å². The Morgan fingerprint density at radius 2 is 2.00 bits per heavy atom. The number of nitrogens with zero attached hydrogens (tertiary/aromatic N) is 2. The van der Waals surface area contributed by atoms with Crippen LogP contribution in [-0.2, 0) is 20.0 Å². The Kier molecular flexibility index (Phi) is 5.44. The average Bonchev–Trinajstić information content (AvgIpc) is 2.62. The highest BCUT2D eigenvalue weighted by molar-refractivity contribution is 5.16. The second-order valence-corrected chi connectivity index (χ2v) is 6.05. The van der Waals surface area contributed by atoms with Crippen molar-refractivity contribution in [3.8, 4) is 0 Å². The second-order valence-electron chi connectivity index (χ2n) is 6.05. The van der Waals surface area contributed by atoms with Crippen molar-refractivity contribution in [2.75, 3.05) is 0 Å². The van der Waals surface area contributed by atoms with E-state index in [1.807, 2.05) is 11.7 Å². The van der Waals surface area contributed by atoms with Gasteiger partial charge in [0.05, 0.1) is 5.69 Å². The Morgan fingerprint density at radius 1 is 1.32 bits per heavy atom. The summed E-state index contributed by atoms with van der Waals surface area (Å²) >= 11 is 0. The van der Waals surface area contributed by atoms with E-state index in [4.69, 9.17) is 0 Å². The third-order valence-electron chi connectivity index (χ3n) is 4.55. The van der Waals surface area contributed by atoms with Gasteiger partial charge >= 0.3 is 0 Å². The predicted octanol–water partition coefficient (Wildman–Crippen LogP) is 3.43. The SMILES string of the molecule is CCc1nn(C)cc1CN[C@H](C)C1CCCCCC1. The Morgan fingerprint density at radius 3 is 2.63 bits per heavy atom. The van der Waals surface area contributed by atoms with Gasteiger partial charge in [0.15, 0.2) is 0 Å². The summed E-state index contributed by atoms with van der Waals surface area (Å²) in [6, 6.07) is 0.628. The lowest BCUT2D eigenvalue weighted by atomic mass is 9.93. The van der Waals surface area contributed by atoms with Gasteiger partial charge < -0.3 is 5.32 Å². The molecule has 0 spiro atoms. The lowest BCUT2D eigenvalue weighted by Gasteiger charge is -2.23. The monoisotopic (exact) mass is 263 g/mol. The molecule has 0 aromatic carbocycles. The van der Waals surface area contributed by atoms with Crippen molar-refractivity contribution in [1.82, 2.24) is 15.1 Å². The summed E-state index contributed by atoms with van der Waals surface area (Å²) < 4.78 is 1.94. The van der Waals surface area contributed by atoms with E-state index in [-0.39, 0.29) is 0 Å². The molecule has 1 saturated carbocycles. The van der Waals surface area contributed by atoms with Crippen LogP contribution in [0, 0.1) is 5.92 Å². The normalized spacial score (nSPS) is 19.3. The van der Waals surface area contributed by atoms with Gasteiger partial charge in [-0.25, -0.2) is 0 Å². The summed E-state index contributed by atoms with van der Waals surface area (Å²) in [5.74, 6) is 0.865. The van der Waals surface area contributed by atoms with E-state index in [0.29, 0.717) is 6.04 Å².